The highest BCUT2D eigenvalue weighted by Gasteiger charge is 2.26. The number of aromatic nitrogens is 6. The summed E-state index contributed by atoms with van der Waals surface area (Å²) in [6.07, 6.45) is 4.98. The SMILES string of the molecule is Cc1nc2nc(C)c(OC3CCN(c4ccc(-c5ccc(CN6CCCCC6)nn5)cc4)C3)c(C)n2n1. The third-order valence-electron chi connectivity index (χ3n) is 7.45. The molecule has 1 atom stereocenters. The van der Waals surface area contributed by atoms with Gasteiger partial charge in [0.2, 0.25) is 0 Å². The van der Waals surface area contributed by atoms with Crippen molar-refractivity contribution in [2.24, 2.45) is 0 Å². The number of aryl methyl sites for hydroxylation is 3. The molecule has 4 aromatic rings. The van der Waals surface area contributed by atoms with Crippen LogP contribution in [0.5, 0.6) is 5.75 Å². The molecular weight excluding hydrogens is 464 g/mol. The van der Waals surface area contributed by atoms with Crippen LogP contribution in [0.2, 0.25) is 0 Å². The minimum atomic E-state index is 0.0965. The van der Waals surface area contributed by atoms with Gasteiger partial charge in [-0.1, -0.05) is 18.6 Å². The summed E-state index contributed by atoms with van der Waals surface area (Å²) in [5.41, 5.74) is 6.02. The van der Waals surface area contributed by atoms with Gasteiger partial charge >= 0.3 is 0 Å². The Morgan fingerprint density at radius 1 is 0.892 bits per heavy atom. The van der Waals surface area contributed by atoms with Crippen LogP contribution in [0.25, 0.3) is 17.0 Å². The highest BCUT2D eigenvalue weighted by atomic mass is 16.5. The molecule has 9 nitrogen and oxygen atoms in total. The van der Waals surface area contributed by atoms with Crippen LogP contribution in [0.1, 0.15) is 48.6 Å². The molecule has 0 spiro atoms. The van der Waals surface area contributed by atoms with Crippen LogP contribution >= 0.6 is 0 Å². The fourth-order valence-corrected chi connectivity index (χ4v) is 5.44. The van der Waals surface area contributed by atoms with Gasteiger partial charge in [-0.2, -0.15) is 19.7 Å². The monoisotopic (exact) mass is 498 g/mol. The van der Waals surface area contributed by atoms with Crippen molar-refractivity contribution in [2.75, 3.05) is 31.1 Å². The van der Waals surface area contributed by atoms with Gasteiger partial charge in [0.1, 0.15) is 11.9 Å². The Morgan fingerprint density at radius 3 is 2.46 bits per heavy atom. The van der Waals surface area contributed by atoms with Gasteiger partial charge in [0.05, 0.1) is 29.3 Å². The summed E-state index contributed by atoms with van der Waals surface area (Å²) >= 11 is 0. The Bertz CT molecular complexity index is 1380. The second-order valence-corrected chi connectivity index (χ2v) is 10.3. The summed E-state index contributed by atoms with van der Waals surface area (Å²) in [7, 11) is 0. The summed E-state index contributed by atoms with van der Waals surface area (Å²) in [5, 5.41) is 13.5. The second-order valence-electron chi connectivity index (χ2n) is 10.3. The maximum absolute atomic E-state index is 6.45. The number of anilines is 1. The second kappa shape index (κ2) is 10.0. The van der Waals surface area contributed by atoms with E-state index < -0.39 is 0 Å². The molecule has 0 amide bonds. The van der Waals surface area contributed by atoms with Gasteiger partial charge in [0.15, 0.2) is 5.75 Å². The first-order valence-electron chi connectivity index (χ1n) is 13.3. The number of ether oxygens (including phenoxy) is 1. The topological polar surface area (TPSA) is 84.6 Å². The Balaban J connectivity index is 1.09. The first-order chi connectivity index (χ1) is 18.0. The van der Waals surface area contributed by atoms with E-state index in [4.69, 9.17) is 4.74 Å². The molecule has 3 aromatic heterocycles. The number of hydrogen-bond acceptors (Lipinski definition) is 8. The zero-order valence-corrected chi connectivity index (χ0v) is 21.9. The van der Waals surface area contributed by atoms with E-state index in [1.807, 2.05) is 20.8 Å². The van der Waals surface area contributed by atoms with Crippen LogP contribution < -0.4 is 9.64 Å². The molecule has 2 fully saturated rings. The average molecular weight is 499 g/mol. The zero-order chi connectivity index (χ0) is 25.4. The number of hydrogen-bond donors (Lipinski definition) is 0. The van der Waals surface area contributed by atoms with E-state index in [1.165, 1.54) is 38.0 Å². The molecule has 6 rings (SSSR count). The van der Waals surface area contributed by atoms with Crippen LogP contribution in [0.3, 0.4) is 0 Å². The van der Waals surface area contributed by atoms with Crippen molar-refractivity contribution in [3.63, 3.8) is 0 Å². The summed E-state index contributed by atoms with van der Waals surface area (Å²) < 4.78 is 8.22. The summed E-state index contributed by atoms with van der Waals surface area (Å²) in [6.45, 7) is 10.9. The molecule has 2 aliphatic rings. The third-order valence-corrected chi connectivity index (χ3v) is 7.45. The Labute approximate surface area is 217 Å². The van der Waals surface area contributed by atoms with Crippen LogP contribution in [-0.2, 0) is 6.54 Å². The highest BCUT2D eigenvalue weighted by Crippen LogP contribution is 2.29. The number of likely N-dealkylation sites (tertiary alicyclic amines) is 1. The lowest BCUT2D eigenvalue weighted by molar-refractivity contribution is 0.218. The molecule has 0 aliphatic carbocycles. The average Bonchev–Trinajstić information content (AvgIpc) is 3.54. The standard InChI is InChI=1S/C28H34N8O/c1-19-27(20(2)36-28(29-19)30-21(3)33-36)37-25-13-16-35(18-25)24-10-7-22(8-11-24)26-12-9-23(31-32-26)17-34-14-5-4-6-15-34/h7-12,25H,4-6,13-18H2,1-3H3. The summed E-state index contributed by atoms with van der Waals surface area (Å²) in [4.78, 5) is 13.8. The van der Waals surface area contributed by atoms with Gasteiger partial charge in [0.25, 0.3) is 5.78 Å². The lowest BCUT2D eigenvalue weighted by atomic mass is 10.1. The van der Waals surface area contributed by atoms with E-state index in [0.29, 0.717) is 11.6 Å². The predicted molar refractivity (Wildman–Crippen MR) is 143 cm³/mol. The van der Waals surface area contributed by atoms with Crippen molar-refractivity contribution in [3.8, 4) is 17.0 Å². The minimum absolute atomic E-state index is 0.0965. The van der Waals surface area contributed by atoms with Crippen LogP contribution in [-0.4, -0.2) is 67.0 Å². The fourth-order valence-electron chi connectivity index (χ4n) is 5.44. The molecule has 0 bridgehead atoms. The normalized spacial score (nSPS) is 18.6. The first-order valence-corrected chi connectivity index (χ1v) is 13.3. The molecule has 2 aliphatic heterocycles. The molecule has 2 saturated heterocycles. The first kappa shape index (κ1) is 23.8. The van der Waals surface area contributed by atoms with Crippen LogP contribution in [0, 0.1) is 20.8 Å². The Hall–Kier alpha value is -3.59. The van der Waals surface area contributed by atoms with Crippen molar-refractivity contribution in [3.05, 3.63) is 59.3 Å². The molecule has 0 N–H and O–H groups in total. The molecule has 0 saturated carbocycles. The van der Waals surface area contributed by atoms with E-state index in [0.717, 1.165) is 60.1 Å². The fraction of sp³-hybridized carbons (Fsp3) is 0.464. The largest absolute Gasteiger partial charge is 0.485 e. The lowest BCUT2D eigenvalue weighted by Crippen LogP contribution is -2.29. The van der Waals surface area contributed by atoms with Crippen molar-refractivity contribution in [1.29, 1.82) is 0 Å². The number of benzene rings is 1. The van der Waals surface area contributed by atoms with Crippen molar-refractivity contribution in [2.45, 2.75) is 59.1 Å². The molecular formula is C28H34N8O. The summed E-state index contributed by atoms with van der Waals surface area (Å²) in [6, 6.07) is 12.8. The summed E-state index contributed by atoms with van der Waals surface area (Å²) in [5.74, 6) is 2.14. The number of nitrogens with zero attached hydrogens (tertiary/aromatic N) is 8. The zero-order valence-electron chi connectivity index (χ0n) is 21.9. The molecule has 37 heavy (non-hydrogen) atoms. The van der Waals surface area contributed by atoms with Crippen LogP contribution in [0.4, 0.5) is 5.69 Å². The van der Waals surface area contributed by atoms with Gasteiger partial charge < -0.3 is 9.64 Å². The smallest absolute Gasteiger partial charge is 0.253 e. The lowest BCUT2D eigenvalue weighted by Gasteiger charge is -2.25. The molecule has 192 valence electrons. The van der Waals surface area contributed by atoms with E-state index in [1.54, 1.807) is 4.52 Å². The highest BCUT2D eigenvalue weighted by molar-refractivity contribution is 5.63. The quantitative estimate of drug-likeness (QED) is 0.392. The van der Waals surface area contributed by atoms with Gasteiger partial charge in [-0.15, -0.1) is 5.10 Å². The van der Waals surface area contributed by atoms with Crippen molar-refractivity contribution < 1.29 is 4.74 Å². The molecule has 0 radical (unpaired) electrons. The van der Waals surface area contributed by atoms with Crippen molar-refractivity contribution >= 4 is 11.5 Å². The Kier molecular flexibility index (Phi) is 6.46. The van der Waals surface area contributed by atoms with Gasteiger partial charge in [-0.25, -0.2) is 4.98 Å². The van der Waals surface area contributed by atoms with Gasteiger partial charge in [-0.3, -0.25) is 4.90 Å². The van der Waals surface area contributed by atoms with E-state index in [-0.39, 0.29) is 6.10 Å². The van der Waals surface area contributed by atoms with E-state index in [2.05, 4.69) is 71.5 Å². The molecule has 9 heteroatoms. The maximum Gasteiger partial charge on any atom is 0.253 e. The molecule has 1 aromatic carbocycles. The Morgan fingerprint density at radius 2 is 1.70 bits per heavy atom. The van der Waals surface area contributed by atoms with E-state index in [9.17, 15) is 0 Å². The van der Waals surface area contributed by atoms with Gasteiger partial charge in [0, 0.05) is 30.8 Å². The maximum atomic E-state index is 6.45. The van der Waals surface area contributed by atoms with Crippen molar-refractivity contribution in [1.82, 2.24) is 34.7 Å². The molecule has 5 heterocycles. The van der Waals surface area contributed by atoms with E-state index >= 15 is 0 Å². The number of rotatable bonds is 6. The number of piperidine rings is 1. The predicted octanol–water partition coefficient (Wildman–Crippen LogP) is 4.15. The van der Waals surface area contributed by atoms with Gasteiger partial charge in [-0.05, 0) is 71.0 Å². The molecule has 1 unspecified atom stereocenters. The van der Waals surface area contributed by atoms with Crippen LogP contribution in [0.15, 0.2) is 36.4 Å². The minimum Gasteiger partial charge on any atom is -0.485 e. The number of fused-ring (bicyclic) bond motifs is 1. The third kappa shape index (κ3) is 5.00.